The molecule has 0 saturated carbocycles. The van der Waals surface area contributed by atoms with Crippen molar-refractivity contribution in [2.75, 3.05) is 17.7 Å². The standard InChI is InChI=1S/C14H12ClN3O3S/c1-21-13-8-11(18(19)20)6-7-12(13)17-14(22)16-10-4-2-9(15)3-5-10/h2-8H,1H3,(H2,16,17,22). The van der Waals surface area contributed by atoms with Crippen LogP contribution in [-0.2, 0) is 0 Å². The number of methoxy groups -OCH3 is 1. The smallest absolute Gasteiger partial charge is 0.273 e. The van der Waals surface area contributed by atoms with Crippen LogP contribution in [0.3, 0.4) is 0 Å². The van der Waals surface area contributed by atoms with Crippen molar-refractivity contribution in [1.82, 2.24) is 0 Å². The number of nitrogens with one attached hydrogen (secondary N) is 2. The summed E-state index contributed by atoms with van der Waals surface area (Å²) >= 11 is 11.0. The number of hydrogen-bond donors (Lipinski definition) is 2. The quantitative estimate of drug-likeness (QED) is 0.497. The molecule has 0 amide bonds. The van der Waals surface area contributed by atoms with Gasteiger partial charge in [0.15, 0.2) is 5.11 Å². The van der Waals surface area contributed by atoms with Crippen molar-refractivity contribution in [2.24, 2.45) is 0 Å². The normalized spacial score (nSPS) is 9.91. The summed E-state index contributed by atoms with van der Waals surface area (Å²) in [6.45, 7) is 0. The zero-order valence-electron chi connectivity index (χ0n) is 11.5. The van der Waals surface area contributed by atoms with E-state index in [1.807, 2.05) is 0 Å². The molecule has 2 aromatic rings. The van der Waals surface area contributed by atoms with Gasteiger partial charge in [0.2, 0.25) is 0 Å². The Morgan fingerprint density at radius 1 is 1.23 bits per heavy atom. The fraction of sp³-hybridized carbons (Fsp3) is 0.0714. The Balaban J connectivity index is 2.10. The van der Waals surface area contributed by atoms with Crippen molar-refractivity contribution in [3.63, 3.8) is 0 Å². The van der Waals surface area contributed by atoms with E-state index in [-0.39, 0.29) is 5.69 Å². The lowest BCUT2D eigenvalue weighted by atomic mass is 10.2. The lowest BCUT2D eigenvalue weighted by molar-refractivity contribution is -0.384. The Hall–Kier alpha value is -2.38. The molecular formula is C14H12ClN3O3S. The molecule has 0 heterocycles. The SMILES string of the molecule is COc1cc([N+](=O)[O-])ccc1NC(=S)Nc1ccc(Cl)cc1. The van der Waals surface area contributed by atoms with Crippen molar-refractivity contribution in [2.45, 2.75) is 0 Å². The van der Waals surface area contributed by atoms with Gasteiger partial charge in [-0.15, -0.1) is 0 Å². The second-order valence-electron chi connectivity index (χ2n) is 4.23. The Morgan fingerprint density at radius 2 is 1.91 bits per heavy atom. The van der Waals surface area contributed by atoms with E-state index in [9.17, 15) is 10.1 Å². The summed E-state index contributed by atoms with van der Waals surface area (Å²) in [5, 5.41) is 17.6. The van der Waals surface area contributed by atoms with Crippen molar-refractivity contribution in [1.29, 1.82) is 0 Å². The molecule has 2 aromatic carbocycles. The van der Waals surface area contributed by atoms with Crippen LogP contribution in [0.1, 0.15) is 0 Å². The van der Waals surface area contributed by atoms with Gasteiger partial charge in [0.1, 0.15) is 5.75 Å². The molecule has 0 aliphatic carbocycles. The average molecular weight is 338 g/mol. The summed E-state index contributed by atoms with van der Waals surface area (Å²) in [7, 11) is 1.43. The Bertz CT molecular complexity index is 707. The number of nitrogens with zero attached hydrogens (tertiary/aromatic N) is 1. The van der Waals surface area contributed by atoms with Gasteiger partial charge in [-0.3, -0.25) is 10.1 Å². The lowest BCUT2D eigenvalue weighted by Crippen LogP contribution is -2.19. The Kier molecular flexibility index (Phi) is 5.13. The molecule has 0 aliphatic rings. The summed E-state index contributed by atoms with van der Waals surface area (Å²) in [4.78, 5) is 10.3. The number of rotatable bonds is 4. The first-order valence-corrected chi connectivity index (χ1v) is 6.94. The van der Waals surface area contributed by atoms with E-state index < -0.39 is 4.92 Å². The van der Waals surface area contributed by atoms with E-state index in [1.165, 1.54) is 25.3 Å². The fourth-order valence-electron chi connectivity index (χ4n) is 1.71. The maximum absolute atomic E-state index is 10.8. The van der Waals surface area contributed by atoms with Gasteiger partial charge in [-0.2, -0.15) is 0 Å². The zero-order valence-corrected chi connectivity index (χ0v) is 13.1. The summed E-state index contributed by atoms with van der Waals surface area (Å²) in [5.74, 6) is 0.328. The molecule has 0 atom stereocenters. The van der Waals surface area contributed by atoms with E-state index in [2.05, 4.69) is 10.6 Å². The van der Waals surface area contributed by atoms with Gasteiger partial charge in [-0.1, -0.05) is 11.6 Å². The third kappa shape index (κ3) is 4.06. The maximum atomic E-state index is 10.8. The van der Waals surface area contributed by atoms with Crippen LogP contribution in [0.15, 0.2) is 42.5 Å². The molecule has 0 spiro atoms. The molecular weight excluding hydrogens is 326 g/mol. The van der Waals surface area contributed by atoms with Crippen molar-refractivity contribution in [3.05, 3.63) is 57.6 Å². The molecule has 114 valence electrons. The molecule has 0 radical (unpaired) electrons. The molecule has 0 unspecified atom stereocenters. The van der Waals surface area contributed by atoms with Crippen LogP contribution in [0.25, 0.3) is 0 Å². The molecule has 8 heteroatoms. The minimum absolute atomic E-state index is 0.0565. The number of nitro benzene ring substituents is 1. The van der Waals surface area contributed by atoms with Gasteiger partial charge in [0.25, 0.3) is 5.69 Å². The Morgan fingerprint density at radius 3 is 2.50 bits per heavy atom. The van der Waals surface area contributed by atoms with Crippen molar-refractivity contribution in [3.8, 4) is 5.75 Å². The van der Waals surface area contributed by atoms with E-state index in [0.29, 0.717) is 21.6 Å². The van der Waals surface area contributed by atoms with E-state index in [4.69, 9.17) is 28.6 Å². The summed E-state index contributed by atoms with van der Waals surface area (Å²) < 4.78 is 5.13. The summed E-state index contributed by atoms with van der Waals surface area (Å²) in [6, 6.07) is 11.3. The topological polar surface area (TPSA) is 76.4 Å². The first-order valence-electron chi connectivity index (χ1n) is 6.15. The monoisotopic (exact) mass is 337 g/mol. The van der Waals surface area contributed by atoms with Crippen LogP contribution in [0.5, 0.6) is 5.75 Å². The number of nitro groups is 1. The van der Waals surface area contributed by atoms with Crippen LogP contribution < -0.4 is 15.4 Å². The van der Waals surface area contributed by atoms with Crippen molar-refractivity contribution >= 4 is 46.0 Å². The molecule has 2 rings (SSSR count). The first-order chi connectivity index (χ1) is 10.5. The minimum atomic E-state index is -0.490. The molecule has 0 fully saturated rings. The number of thiocarbonyl (C=S) groups is 1. The number of benzene rings is 2. The molecule has 0 saturated heterocycles. The highest BCUT2D eigenvalue weighted by Crippen LogP contribution is 2.29. The number of anilines is 2. The second-order valence-corrected chi connectivity index (χ2v) is 5.07. The maximum Gasteiger partial charge on any atom is 0.273 e. The number of hydrogen-bond acceptors (Lipinski definition) is 4. The van der Waals surface area contributed by atoms with Crippen molar-refractivity contribution < 1.29 is 9.66 Å². The van der Waals surface area contributed by atoms with Crippen LogP contribution in [-0.4, -0.2) is 17.1 Å². The average Bonchev–Trinajstić information content (AvgIpc) is 2.49. The third-order valence-electron chi connectivity index (χ3n) is 2.75. The lowest BCUT2D eigenvalue weighted by Gasteiger charge is -2.13. The molecule has 0 bridgehead atoms. The number of ether oxygens (including phenoxy) is 1. The molecule has 2 N–H and O–H groups in total. The largest absolute Gasteiger partial charge is 0.494 e. The minimum Gasteiger partial charge on any atom is -0.494 e. The highest BCUT2D eigenvalue weighted by molar-refractivity contribution is 7.80. The third-order valence-corrected chi connectivity index (χ3v) is 3.20. The molecule has 0 aliphatic heterocycles. The van der Waals surface area contributed by atoms with Crippen LogP contribution in [0.4, 0.5) is 17.1 Å². The number of halogens is 1. The predicted octanol–water partition coefficient (Wildman–Crippen LogP) is 4.07. The van der Waals surface area contributed by atoms with Gasteiger partial charge in [0, 0.05) is 16.8 Å². The predicted molar refractivity (Wildman–Crippen MR) is 90.9 cm³/mol. The van der Waals surface area contributed by atoms with Gasteiger partial charge in [-0.25, -0.2) is 0 Å². The summed E-state index contributed by atoms with van der Waals surface area (Å²) in [5.41, 5.74) is 1.24. The zero-order chi connectivity index (χ0) is 16.1. The first kappa shape index (κ1) is 16.0. The van der Waals surface area contributed by atoms with E-state index >= 15 is 0 Å². The molecule has 6 nitrogen and oxygen atoms in total. The highest BCUT2D eigenvalue weighted by atomic mass is 35.5. The Labute approximate surface area is 137 Å². The molecule has 0 aromatic heterocycles. The van der Waals surface area contributed by atoms with E-state index in [0.717, 1.165) is 5.69 Å². The second kappa shape index (κ2) is 7.06. The fourth-order valence-corrected chi connectivity index (χ4v) is 2.07. The van der Waals surface area contributed by atoms with Gasteiger partial charge in [-0.05, 0) is 42.5 Å². The van der Waals surface area contributed by atoms with Gasteiger partial charge >= 0.3 is 0 Å². The van der Waals surface area contributed by atoms with Crippen LogP contribution >= 0.6 is 23.8 Å². The summed E-state index contributed by atoms with van der Waals surface area (Å²) in [6.07, 6.45) is 0. The molecule has 22 heavy (non-hydrogen) atoms. The van der Waals surface area contributed by atoms with Crippen LogP contribution in [0.2, 0.25) is 5.02 Å². The number of non-ortho nitro benzene ring substituents is 1. The van der Waals surface area contributed by atoms with Gasteiger partial charge < -0.3 is 15.4 Å². The van der Waals surface area contributed by atoms with Gasteiger partial charge in [0.05, 0.1) is 23.8 Å². The van der Waals surface area contributed by atoms with E-state index in [1.54, 1.807) is 24.3 Å². The highest BCUT2D eigenvalue weighted by Gasteiger charge is 2.12. The van der Waals surface area contributed by atoms with Crippen LogP contribution in [0, 0.1) is 10.1 Å².